The van der Waals surface area contributed by atoms with E-state index in [2.05, 4.69) is 11.0 Å². The number of benzene rings is 2. The number of methoxy groups -OCH3 is 1. The van der Waals surface area contributed by atoms with Gasteiger partial charge >= 0.3 is 5.63 Å². The van der Waals surface area contributed by atoms with E-state index in [0.29, 0.717) is 5.58 Å². The maximum Gasteiger partial charge on any atom is 0.336 e. The van der Waals surface area contributed by atoms with Crippen molar-refractivity contribution < 1.29 is 14.1 Å². The molecule has 2 heterocycles. The number of nitrogens with one attached hydrogen (secondary N) is 1. The largest absolute Gasteiger partial charge is 0.495 e. The number of hydrogen-bond donors (Lipinski definition) is 1. The molecule has 4 rings (SSSR count). The number of ether oxygens (including phenoxy) is 1. The third-order valence-electron chi connectivity index (χ3n) is 5.71. The molecule has 0 unspecified atom stereocenters. The Morgan fingerprint density at radius 1 is 1.14 bits per heavy atom. The average Bonchev–Trinajstić information content (AvgIpc) is 2.74. The van der Waals surface area contributed by atoms with Crippen LogP contribution in [-0.4, -0.2) is 33.3 Å². The predicted octanol–water partition coefficient (Wildman–Crippen LogP) is 2.92. The standard InChI is InChI=1S/C23H25ClN2O3/c1-3-16-12-22-18(14-19(16)24)17(13-23(27)29-22)15-25-8-10-26(11-9-25)20-6-4-5-7-21(20)28-2/h4-7,12-14H,3,8-11,15H2,1-2H3/p+1. The molecule has 2 aromatic carbocycles. The summed E-state index contributed by atoms with van der Waals surface area (Å²) in [6.07, 6.45) is 0.804. The van der Waals surface area contributed by atoms with Crippen LogP contribution in [0.5, 0.6) is 5.75 Å². The number of hydrogen-bond acceptors (Lipinski definition) is 4. The van der Waals surface area contributed by atoms with E-state index in [1.165, 1.54) is 4.90 Å². The zero-order valence-corrected chi connectivity index (χ0v) is 17.6. The Bertz CT molecular complexity index is 1070. The number of quaternary nitrogens is 1. The number of fused-ring (bicyclic) bond motifs is 1. The number of piperazine rings is 1. The van der Waals surface area contributed by atoms with E-state index in [9.17, 15) is 4.79 Å². The SMILES string of the molecule is CCc1cc2oc(=O)cc(C[NH+]3CCN(c4ccccc4OC)CC3)c2cc1Cl. The van der Waals surface area contributed by atoms with Crippen molar-refractivity contribution in [3.05, 3.63) is 69.0 Å². The molecule has 0 bridgehead atoms. The van der Waals surface area contributed by atoms with Crippen molar-refractivity contribution >= 4 is 28.3 Å². The molecule has 0 atom stereocenters. The average molecular weight is 414 g/mol. The van der Waals surface area contributed by atoms with Gasteiger partial charge < -0.3 is 19.0 Å². The molecule has 1 saturated heterocycles. The molecule has 0 amide bonds. The maximum atomic E-state index is 12.1. The van der Waals surface area contributed by atoms with E-state index in [1.54, 1.807) is 13.2 Å². The molecule has 6 heteroatoms. The first-order valence-electron chi connectivity index (χ1n) is 10.1. The van der Waals surface area contributed by atoms with E-state index in [1.807, 2.05) is 37.3 Å². The molecule has 0 radical (unpaired) electrons. The Hall–Kier alpha value is -2.50. The van der Waals surface area contributed by atoms with Crippen LogP contribution in [0, 0.1) is 0 Å². The van der Waals surface area contributed by atoms with Crippen LogP contribution in [-0.2, 0) is 13.0 Å². The minimum Gasteiger partial charge on any atom is -0.495 e. The van der Waals surface area contributed by atoms with Crippen LogP contribution in [0.3, 0.4) is 0 Å². The summed E-state index contributed by atoms with van der Waals surface area (Å²) in [5.41, 5.74) is 3.46. The zero-order chi connectivity index (χ0) is 20.4. The number of nitrogens with zero attached hydrogens (tertiary/aromatic N) is 1. The molecular formula is C23H26ClN2O3+. The van der Waals surface area contributed by atoms with Gasteiger partial charge in [0.05, 0.1) is 39.0 Å². The first kappa shape index (κ1) is 19.8. The summed E-state index contributed by atoms with van der Waals surface area (Å²) in [6, 6.07) is 13.6. The van der Waals surface area contributed by atoms with Gasteiger partial charge in [0.1, 0.15) is 17.9 Å². The maximum absolute atomic E-state index is 12.1. The highest BCUT2D eigenvalue weighted by Crippen LogP contribution is 2.28. The van der Waals surface area contributed by atoms with E-state index in [4.69, 9.17) is 20.8 Å². The Labute approximate surface area is 175 Å². The molecule has 29 heavy (non-hydrogen) atoms. The van der Waals surface area contributed by atoms with Gasteiger partial charge in [-0.1, -0.05) is 30.7 Å². The summed E-state index contributed by atoms with van der Waals surface area (Å²) < 4.78 is 11.0. The topological polar surface area (TPSA) is 47.1 Å². The number of anilines is 1. The van der Waals surface area contributed by atoms with E-state index >= 15 is 0 Å². The van der Waals surface area contributed by atoms with Crippen molar-refractivity contribution in [1.29, 1.82) is 0 Å². The van der Waals surface area contributed by atoms with Gasteiger partial charge in [0, 0.05) is 22.0 Å². The van der Waals surface area contributed by atoms with Gasteiger partial charge in [-0.3, -0.25) is 0 Å². The summed E-state index contributed by atoms with van der Waals surface area (Å²) in [5.74, 6) is 0.906. The highest BCUT2D eigenvalue weighted by Gasteiger charge is 2.23. The van der Waals surface area contributed by atoms with Gasteiger partial charge in [-0.05, 0) is 36.2 Å². The number of rotatable bonds is 5. The second kappa shape index (κ2) is 8.47. The second-order valence-electron chi connectivity index (χ2n) is 7.47. The van der Waals surface area contributed by atoms with Crippen molar-refractivity contribution in [3.8, 4) is 5.75 Å². The molecule has 1 fully saturated rings. The zero-order valence-electron chi connectivity index (χ0n) is 16.8. The van der Waals surface area contributed by atoms with E-state index in [-0.39, 0.29) is 5.63 Å². The van der Waals surface area contributed by atoms with Gasteiger partial charge in [0.15, 0.2) is 0 Å². The van der Waals surface area contributed by atoms with Crippen LogP contribution in [0.1, 0.15) is 18.1 Å². The van der Waals surface area contributed by atoms with Crippen molar-refractivity contribution in [2.75, 3.05) is 38.2 Å². The Balaban J connectivity index is 1.53. The molecule has 1 N–H and O–H groups in total. The number of aryl methyl sites for hydroxylation is 1. The van der Waals surface area contributed by atoms with E-state index in [0.717, 1.165) is 72.1 Å². The molecule has 3 aromatic rings. The number of halogens is 1. The van der Waals surface area contributed by atoms with Crippen LogP contribution < -0.4 is 20.2 Å². The molecule has 0 saturated carbocycles. The molecule has 0 aliphatic carbocycles. The fraction of sp³-hybridized carbons (Fsp3) is 0.348. The predicted molar refractivity (Wildman–Crippen MR) is 116 cm³/mol. The summed E-state index contributed by atoms with van der Waals surface area (Å²) >= 11 is 6.43. The molecule has 1 aliphatic heterocycles. The third kappa shape index (κ3) is 4.11. The first-order valence-corrected chi connectivity index (χ1v) is 10.4. The summed E-state index contributed by atoms with van der Waals surface area (Å²) in [6.45, 7) is 6.68. The summed E-state index contributed by atoms with van der Waals surface area (Å²) in [4.78, 5) is 15.9. The van der Waals surface area contributed by atoms with Gasteiger partial charge in [-0.15, -0.1) is 0 Å². The van der Waals surface area contributed by atoms with Crippen LogP contribution in [0.2, 0.25) is 5.02 Å². The minimum atomic E-state index is -0.302. The lowest BCUT2D eigenvalue weighted by atomic mass is 10.1. The second-order valence-corrected chi connectivity index (χ2v) is 7.88. The van der Waals surface area contributed by atoms with Crippen LogP contribution >= 0.6 is 11.6 Å². The van der Waals surface area contributed by atoms with Gasteiger partial charge in [0.2, 0.25) is 0 Å². The van der Waals surface area contributed by atoms with Crippen LogP contribution in [0.15, 0.2) is 51.7 Å². The molecule has 1 aliphatic rings. The van der Waals surface area contributed by atoms with Crippen LogP contribution in [0.25, 0.3) is 11.0 Å². The summed E-state index contributed by atoms with van der Waals surface area (Å²) in [5, 5.41) is 1.66. The van der Waals surface area contributed by atoms with Gasteiger partial charge in [-0.2, -0.15) is 0 Å². The Morgan fingerprint density at radius 2 is 1.90 bits per heavy atom. The molecular weight excluding hydrogens is 388 g/mol. The van der Waals surface area contributed by atoms with Crippen molar-refractivity contribution in [2.45, 2.75) is 19.9 Å². The monoisotopic (exact) mass is 413 g/mol. The van der Waals surface area contributed by atoms with Crippen molar-refractivity contribution in [1.82, 2.24) is 0 Å². The highest BCUT2D eigenvalue weighted by atomic mass is 35.5. The quantitative estimate of drug-likeness (QED) is 0.653. The fourth-order valence-electron chi connectivity index (χ4n) is 4.11. The molecule has 1 aromatic heterocycles. The molecule has 0 spiro atoms. The first-order chi connectivity index (χ1) is 14.1. The third-order valence-corrected chi connectivity index (χ3v) is 6.07. The summed E-state index contributed by atoms with van der Waals surface area (Å²) in [7, 11) is 1.71. The van der Waals surface area contributed by atoms with Crippen molar-refractivity contribution in [2.24, 2.45) is 0 Å². The van der Waals surface area contributed by atoms with Gasteiger partial charge in [0.25, 0.3) is 0 Å². The number of para-hydroxylation sites is 2. The van der Waals surface area contributed by atoms with Crippen LogP contribution in [0.4, 0.5) is 5.69 Å². The highest BCUT2D eigenvalue weighted by molar-refractivity contribution is 6.32. The molecule has 5 nitrogen and oxygen atoms in total. The molecule has 152 valence electrons. The van der Waals surface area contributed by atoms with Crippen molar-refractivity contribution in [3.63, 3.8) is 0 Å². The lowest BCUT2D eigenvalue weighted by molar-refractivity contribution is -0.914. The van der Waals surface area contributed by atoms with E-state index < -0.39 is 0 Å². The van der Waals surface area contributed by atoms with Gasteiger partial charge in [-0.25, -0.2) is 4.79 Å². The Kier molecular flexibility index (Phi) is 5.79. The fourth-order valence-corrected chi connectivity index (χ4v) is 4.40. The smallest absolute Gasteiger partial charge is 0.336 e. The lowest BCUT2D eigenvalue weighted by Crippen LogP contribution is -3.13. The lowest BCUT2D eigenvalue weighted by Gasteiger charge is -2.34. The normalized spacial score (nSPS) is 15.1. The Morgan fingerprint density at radius 3 is 2.62 bits per heavy atom. The minimum absolute atomic E-state index is 0.302.